The largest absolute Gasteiger partial charge is 0.508 e. The zero-order valence-electron chi connectivity index (χ0n) is 18.1. The van der Waals surface area contributed by atoms with Crippen molar-refractivity contribution < 1.29 is 33.8 Å². The number of nitrogens with zero attached hydrogens (tertiary/aromatic N) is 1. The molecule has 0 saturated carbocycles. The number of aromatic hydroxyl groups is 1. The van der Waals surface area contributed by atoms with Crippen molar-refractivity contribution in [2.75, 3.05) is 7.11 Å². The summed E-state index contributed by atoms with van der Waals surface area (Å²) in [4.78, 5) is 24.8. The Morgan fingerprint density at radius 3 is 2.09 bits per heavy atom. The summed E-state index contributed by atoms with van der Waals surface area (Å²) < 4.78 is 13.1. The number of fused-ring (bicyclic) bond motifs is 2. The highest BCUT2D eigenvalue weighted by atomic mass is 16.5. The summed E-state index contributed by atoms with van der Waals surface area (Å²) in [6, 6.07) is 13.2. The third-order valence-corrected chi connectivity index (χ3v) is 5.55. The molecule has 0 amide bonds. The molecular weight excluding hydrogens is 410 g/mol. The molecule has 1 heterocycles. The topological polar surface area (TPSA) is 96.9 Å². The molecule has 0 aliphatic carbocycles. The minimum absolute atomic E-state index is 0.0203. The first kappa shape index (κ1) is 21.1. The molecule has 0 radical (unpaired) electrons. The summed E-state index contributed by atoms with van der Waals surface area (Å²) in [6.45, 7) is 3.39. The van der Waals surface area contributed by atoms with Crippen molar-refractivity contribution in [3.05, 3.63) is 70.8 Å². The van der Waals surface area contributed by atoms with Gasteiger partial charge in [-0.3, -0.25) is 0 Å². The Balaban J connectivity index is 1.96. The van der Waals surface area contributed by atoms with Gasteiger partial charge in [0.15, 0.2) is 0 Å². The van der Waals surface area contributed by atoms with Crippen molar-refractivity contribution in [1.82, 2.24) is 0 Å². The van der Waals surface area contributed by atoms with Gasteiger partial charge in [-0.2, -0.15) is 4.57 Å². The fourth-order valence-corrected chi connectivity index (χ4v) is 4.02. The number of aryl methyl sites for hydroxylation is 3. The number of esters is 1. The third-order valence-electron chi connectivity index (χ3n) is 5.55. The first-order valence-electron chi connectivity index (χ1n) is 9.90. The van der Waals surface area contributed by atoms with Gasteiger partial charge in [-0.25, -0.2) is 9.59 Å². The van der Waals surface area contributed by atoms with E-state index in [1.807, 2.05) is 23.7 Å². The summed E-state index contributed by atoms with van der Waals surface area (Å²) >= 11 is 0. The van der Waals surface area contributed by atoms with Gasteiger partial charge in [0.2, 0.25) is 11.0 Å². The van der Waals surface area contributed by atoms with Crippen LogP contribution >= 0.6 is 0 Å². The Hall–Kier alpha value is -4.13. The highest BCUT2D eigenvalue weighted by Gasteiger charge is 2.26. The van der Waals surface area contributed by atoms with Crippen molar-refractivity contribution in [2.45, 2.75) is 13.8 Å². The van der Waals surface area contributed by atoms with E-state index in [2.05, 4.69) is 0 Å². The van der Waals surface area contributed by atoms with E-state index in [-0.39, 0.29) is 16.9 Å². The maximum absolute atomic E-state index is 13.5. The van der Waals surface area contributed by atoms with Gasteiger partial charge in [0.25, 0.3) is 0 Å². The van der Waals surface area contributed by atoms with E-state index in [0.29, 0.717) is 33.4 Å². The fourth-order valence-electron chi connectivity index (χ4n) is 4.02. The van der Waals surface area contributed by atoms with Gasteiger partial charge in [0, 0.05) is 12.1 Å². The number of carbonyl (C=O) groups is 2. The molecule has 0 atom stereocenters. The highest BCUT2D eigenvalue weighted by Crippen LogP contribution is 2.32. The Morgan fingerprint density at radius 2 is 1.50 bits per heavy atom. The second-order valence-corrected chi connectivity index (χ2v) is 7.65. The summed E-state index contributed by atoms with van der Waals surface area (Å²) in [5.41, 5.74) is 2.99. The molecule has 0 spiro atoms. The molecule has 1 aromatic heterocycles. The second-order valence-electron chi connectivity index (χ2n) is 7.65. The van der Waals surface area contributed by atoms with E-state index in [4.69, 9.17) is 9.47 Å². The monoisotopic (exact) mass is 432 g/mol. The lowest BCUT2D eigenvalue weighted by Gasteiger charge is -2.14. The molecule has 7 heteroatoms. The van der Waals surface area contributed by atoms with Gasteiger partial charge < -0.3 is 19.7 Å². The third kappa shape index (κ3) is 3.47. The number of carbonyl (C=O) groups excluding carboxylic acids is 1. The molecule has 0 aliphatic rings. The van der Waals surface area contributed by atoms with E-state index in [1.54, 1.807) is 39.2 Å². The van der Waals surface area contributed by atoms with Gasteiger partial charge in [0.1, 0.15) is 24.3 Å². The molecule has 162 valence electrons. The molecule has 4 rings (SSSR count). The molecule has 0 unspecified atom stereocenters. The first-order chi connectivity index (χ1) is 15.2. The number of methoxy groups -OCH3 is 1. The summed E-state index contributed by atoms with van der Waals surface area (Å²) in [7, 11) is 3.42. The van der Waals surface area contributed by atoms with Crippen molar-refractivity contribution in [3.8, 4) is 17.2 Å². The van der Waals surface area contributed by atoms with Crippen LogP contribution in [0.25, 0.3) is 21.8 Å². The van der Waals surface area contributed by atoms with E-state index >= 15 is 0 Å². The van der Waals surface area contributed by atoms with Gasteiger partial charge in [-0.05, 0) is 61.4 Å². The molecular formula is C25H22NO6+. The predicted octanol–water partition coefficient (Wildman–Crippen LogP) is 4.07. The van der Waals surface area contributed by atoms with Crippen LogP contribution in [0, 0.1) is 13.8 Å². The van der Waals surface area contributed by atoms with Crippen molar-refractivity contribution in [1.29, 1.82) is 0 Å². The molecule has 2 N–H and O–H groups in total. The smallest absolute Gasteiger partial charge is 0.345 e. The van der Waals surface area contributed by atoms with Crippen LogP contribution in [0.1, 0.15) is 31.8 Å². The maximum atomic E-state index is 13.5. The lowest BCUT2D eigenvalue weighted by molar-refractivity contribution is -0.617. The zero-order chi connectivity index (χ0) is 23.2. The minimum Gasteiger partial charge on any atom is -0.508 e. The molecule has 32 heavy (non-hydrogen) atoms. The Labute approximate surface area is 184 Å². The predicted molar refractivity (Wildman–Crippen MR) is 119 cm³/mol. The number of carboxylic acids is 1. The molecule has 4 aromatic rings. The number of aromatic carboxylic acids is 1. The number of hydrogen-bond acceptors (Lipinski definition) is 5. The second kappa shape index (κ2) is 7.85. The zero-order valence-corrected chi connectivity index (χ0v) is 18.1. The number of pyridine rings is 1. The van der Waals surface area contributed by atoms with Crippen LogP contribution in [-0.2, 0) is 7.05 Å². The Bertz CT molecular complexity index is 1400. The van der Waals surface area contributed by atoms with Crippen LogP contribution in [0.15, 0.2) is 48.5 Å². The van der Waals surface area contributed by atoms with Gasteiger partial charge in [0.05, 0.1) is 29.0 Å². The van der Waals surface area contributed by atoms with Crippen LogP contribution in [0.2, 0.25) is 0 Å². The Morgan fingerprint density at radius 1 is 0.906 bits per heavy atom. The van der Waals surface area contributed by atoms with Crippen LogP contribution in [0.4, 0.5) is 0 Å². The molecule has 0 fully saturated rings. The number of ether oxygens (including phenoxy) is 2. The number of carboxylic acid groups (broad SMARTS) is 1. The molecule has 0 saturated heterocycles. The van der Waals surface area contributed by atoms with Gasteiger partial charge in [-0.15, -0.1) is 0 Å². The number of aromatic nitrogens is 1. The summed E-state index contributed by atoms with van der Waals surface area (Å²) in [6.07, 6.45) is 0. The van der Waals surface area contributed by atoms with E-state index in [9.17, 15) is 19.8 Å². The summed E-state index contributed by atoms with van der Waals surface area (Å²) in [5, 5.41) is 20.5. The number of rotatable bonds is 4. The van der Waals surface area contributed by atoms with Crippen molar-refractivity contribution in [3.63, 3.8) is 0 Å². The van der Waals surface area contributed by atoms with E-state index < -0.39 is 11.9 Å². The first-order valence-corrected chi connectivity index (χ1v) is 9.90. The average Bonchev–Trinajstić information content (AvgIpc) is 2.75. The number of phenols is 1. The van der Waals surface area contributed by atoms with Gasteiger partial charge in [-0.1, -0.05) is 0 Å². The lowest BCUT2D eigenvalue weighted by Crippen LogP contribution is -2.31. The lowest BCUT2D eigenvalue weighted by atomic mass is 10.0. The highest BCUT2D eigenvalue weighted by molar-refractivity contribution is 6.14. The SMILES string of the molecule is COc1ccc2c(c1)c(C(=O)Oc1c(C)cc(C(=O)O)cc1C)c1cc(O)ccc1[n+]2C. The standard InChI is InChI=1S/C25H21NO6/c1-13-9-15(24(28)29)10-14(2)23(13)32-25(30)22-18-11-16(27)5-7-20(18)26(3)21-8-6-17(31-4)12-19(21)22/h5-12H,1-4H3,(H-,27,28,29,30)/p+1. The number of phenolic OH excluding ortho intramolecular Hbond substituents is 1. The van der Waals surface area contributed by atoms with Crippen molar-refractivity contribution >= 4 is 33.7 Å². The van der Waals surface area contributed by atoms with E-state index in [1.165, 1.54) is 18.2 Å². The minimum atomic E-state index is -1.05. The average molecular weight is 432 g/mol. The van der Waals surface area contributed by atoms with Crippen LogP contribution in [0.5, 0.6) is 17.2 Å². The molecule has 0 bridgehead atoms. The van der Waals surface area contributed by atoms with Crippen LogP contribution in [0.3, 0.4) is 0 Å². The molecule has 3 aromatic carbocycles. The van der Waals surface area contributed by atoms with E-state index in [0.717, 1.165) is 11.0 Å². The molecule has 7 nitrogen and oxygen atoms in total. The Kier molecular flexibility index (Phi) is 5.18. The van der Waals surface area contributed by atoms with Crippen molar-refractivity contribution in [2.24, 2.45) is 7.05 Å². The number of benzene rings is 3. The quantitative estimate of drug-likeness (QED) is 0.218. The summed E-state index contributed by atoms with van der Waals surface area (Å²) in [5.74, 6) is -0.772. The van der Waals surface area contributed by atoms with Crippen LogP contribution < -0.4 is 14.0 Å². The fraction of sp³-hybridized carbons (Fsp3) is 0.160. The maximum Gasteiger partial charge on any atom is 0.345 e. The molecule has 0 aliphatic heterocycles. The van der Waals surface area contributed by atoms with Gasteiger partial charge >= 0.3 is 11.9 Å². The normalized spacial score (nSPS) is 11.0. The number of hydrogen-bond donors (Lipinski definition) is 2. The van der Waals surface area contributed by atoms with Crippen LogP contribution in [-0.4, -0.2) is 29.3 Å².